The Hall–Kier alpha value is 4.97. The minimum atomic E-state index is -4.01. The van der Waals surface area contributed by atoms with Gasteiger partial charge in [0.05, 0.1) is 6.67 Å². The number of hydrogen-bond donors (Lipinski definition) is 0. The molecule has 0 N–H and O–H groups in total. The van der Waals surface area contributed by atoms with E-state index >= 15 is 8.78 Å². The van der Waals surface area contributed by atoms with Crippen molar-refractivity contribution in [3.8, 4) is 0 Å². The van der Waals surface area contributed by atoms with Crippen molar-refractivity contribution in [3.05, 3.63) is 0 Å². The molecule has 0 aromatic heterocycles. The zero-order chi connectivity index (χ0) is 27.6. The summed E-state index contributed by atoms with van der Waals surface area (Å²) in [5.41, 5.74) is 0. The van der Waals surface area contributed by atoms with Gasteiger partial charge in [0.2, 0.25) is 0 Å². The van der Waals surface area contributed by atoms with Crippen molar-refractivity contribution < 1.29 is 30.7 Å². The largest absolute Gasteiger partial charge is 0.329 e. The molecule has 0 aliphatic heterocycles. The van der Waals surface area contributed by atoms with Crippen LogP contribution in [-0.2, 0) is 0 Å². The molecule has 0 heterocycles. The van der Waals surface area contributed by atoms with E-state index in [9.17, 15) is 22.0 Å². The van der Waals surface area contributed by atoms with Gasteiger partial charge in [0.25, 0.3) is 5.76 Å². The van der Waals surface area contributed by atoms with E-state index in [0.29, 0.717) is 35.3 Å². The van der Waals surface area contributed by atoms with Crippen LogP contribution in [0.15, 0.2) is 0 Å². The molecule has 0 saturated heterocycles. The van der Waals surface area contributed by atoms with E-state index < -0.39 is 46.6 Å². The molecule has 0 bridgehead atoms. The quantitative estimate of drug-likeness (QED) is 0.0506. The topological polar surface area (TPSA) is 0 Å². The predicted molar refractivity (Wildman–Crippen MR) is 171 cm³/mol. The van der Waals surface area contributed by atoms with E-state index in [2.05, 4.69) is 15.9 Å². The van der Waals surface area contributed by atoms with Gasteiger partial charge in [0.15, 0.2) is 12.2 Å². The van der Waals surface area contributed by atoms with E-state index in [4.69, 9.17) is 57.1 Å². The Bertz CT molecular complexity index is 617. The van der Waals surface area contributed by atoms with Crippen LogP contribution in [0.4, 0.5) is 30.7 Å². The monoisotopic (exact) mass is 940 g/mol. The Labute approximate surface area is 279 Å². The van der Waals surface area contributed by atoms with E-state index in [1.54, 1.807) is 0 Å². The zero-order valence-corrected chi connectivity index (χ0v) is 30.5. The number of rotatable bonds is 20. The number of thioether (sulfide) groups is 7. The van der Waals surface area contributed by atoms with Crippen LogP contribution < -0.4 is 0 Å². The molecule has 3 unspecified atom stereocenters. The summed E-state index contributed by atoms with van der Waals surface area (Å²) in [6.07, 6.45) is 0. The maximum atomic E-state index is 16.2. The molecule has 3 atom stereocenters. The minimum absolute atomic E-state index is 0.0643. The van der Waals surface area contributed by atoms with Crippen molar-refractivity contribution in [2.75, 3.05) is 36.1 Å². The average Bonchev–Trinajstić information content (AvgIpc) is 2.73. The lowest BCUT2D eigenvalue weighted by Gasteiger charge is -2.47. The van der Waals surface area contributed by atoms with Crippen molar-refractivity contribution in [2.45, 2.75) is 27.9 Å². The van der Waals surface area contributed by atoms with Gasteiger partial charge in [-0.2, -0.15) is 17.6 Å². The smallest absolute Gasteiger partial charge is 0.250 e. The van der Waals surface area contributed by atoms with E-state index in [1.807, 2.05) is 0 Å². The molecule has 0 nitrogen and oxygen atoms in total. The van der Waals surface area contributed by atoms with Crippen LogP contribution in [0, 0.1) is 0 Å². The normalized spacial score (nSPS) is 17.9. The first-order chi connectivity index (χ1) is 16.1. The summed E-state index contributed by atoms with van der Waals surface area (Å²) in [5, 5.41) is -4.01. The highest BCUT2D eigenvalue weighted by Crippen LogP contribution is 2.74. The van der Waals surface area contributed by atoms with Gasteiger partial charge in [-0.25, -0.2) is 8.78 Å². The van der Waals surface area contributed by atoms with Crippen LogP contribution in [0.2, 0.25) is 0 Å². The molecule has 0 fully saturated rings. The Balaban J connectivity index is 6.80. The Morgan fingerprint density at radius 3 is 1.80 bits per heavy atom. The molecule has 22 heteroatoms. The first-order valence-corrected chi connectivity index (χ1v) is 20.0. The number of hydrogen-bond acceptors (Lipinski definition) is 8. The van der Waals surface area contributed by atoms with Crippen molar-refractivity contribution in [2.24, 2.45) is 0 Å². The first kappa shape index (κ1) is 40.0. The third-order valence-corrected chi connectivity index (χ3v) is 23.6. The van der Waals surface area contributed by atoms with Crippen LogP contribution in [0.5, 0.6) is 0 Å². The fourth-order valence-corrected chi connectivity index (χ4v) is 17.4. The van der Waals surface area contributed by atoms with Gasteiger partial charge >= 0.3 is 5.25 Å². The molecule has 0 aromatic rings. The van der Waals surface area contributed by atoms with E-state index in [0.717, 1.165) is 0 Å². The minimum Gasteiger partial charge on any atom is -0.250 e. The van der Waals surface area contributed by atoms with Crippen LogP contribution in [0.1, 0.15) is 0 Å². The SMILES string of the molecule is FCCSC(I)(SC(F)F)C(SCF)(SCF)SC(F)(F)C(SCl)(SCCCl)SC(Cl)C(Cl)(Cl)Br. The van der Waals surface area contributed by atoms with Crippen LogP contribution >= 0.6 is 189 Å². The van der Waals surface area contributed by atoms with Crippen LogP contribution in [-0.4, -0.2) is 63.9 Å². The van der Waals surface area contributed by atoms with Crippen molar-refractivity contribution >= 4 is 189 Å². The maximum absolute atomic E-state index is 16.2. The number of halogens is 14. The Kier molecular flexibility index (Phi) is 21.2. The molecular weight excluding hydrogens is 930 g/mol. The maximum Gasteiger partial charge on any atom is 0.329 e. The highest BCUT2D eigenvalue weighted by Gasteiger charge is 2.66. The average molecular weight is 944 g/mol. The second-order valence-electron chi connectivity index (χ2n) is 5.28. The fourth-order valence-electron chi connectivity index (χ4n) is 1.84. The highest BCUT2D eigenvalue weighted by atomic mass is 127. The molecule has 0 saturated carbocycles. The molecule has 0 radical (unpaired) electrons. The molecule has 0 amide bonds. The molecule has 0 rings (SSSR count). The third kappa shape index (κ3) is 12.2. The molecule has 0 aliphatic carbocycles. The number of alkyl halides is 13. The van der Waals surface area contributed by atoms with Gasteiger partial charge < -0.3 is 0 Å². The summed E-state index contributed by atoms with van der Waals surface area (Å²) < 4.78 is 89.8. The van der Waals surface area contributed by atoms with E-state index in [1.165, 1.54) is 22.6 Å². The molecule has 35 heavy (non-hydrogen) atoms. The molecule has 212 valence electrons. The molecule has 0 aliphatic rings. The van der Waals surface area contributed by atoms with Gasteiger partial charge in [-0.15, -0.1) is 58.5 Å². The van der Waals surface area contributed by atoms with Crippen LogP contribution in [0.25, 0.3) is 0 Å². The summed E-state index contributed by atoms with van der Waals surface area (Å²) in [4.78, 5) is 0. The van der Waals surface area contributed by atoms with Gasteiger partial charge in [-0.1, -0.05) is 92.8 Å². The fraction of sp³-hybridized carbons (Fsp3) is 1.00. The second kappa shape index (κ2) is 18.6. The van der Waals surface area contributed by atoms with Crippen molar-refractivity contribution in [1.82, 2.24) is 0 Å². The summed E-state index contributed by atoms with van der Waals surface area (Å²) >= 11 is 29.4. The first-order valence-electron chi connectivity index (χ1n) is 8.26. The standard InChI is InChI=1S/C13H14BrCl5F7IS8/c14-9(17,18)7(16)32-12(35-19,29-3-1-15)10(25,26)34-13(30-5-21,31-6-22)11(27,28-4-2-20)33-8(23)24/h7-8H,1-6H2. The summed E-state index contributed by atoms with van der Waals surface area (Å²) in [5.74, 6) is -3.64. The summed E-state index contributed by atoms with van der Waals surface area (Å²) in [6.45, 7) is -0.980. The van der Waals surface area contributed by atoms with Gasteiger partial charge in [-0.3, -0.25) is 4.39 Å². The van der Waals surface area contributed by atoms with Crippen molar-refractivity contribution in [3.63, 3.8) is 0 Å². The lowest BCUT2D eigenvalue weighted by atomic mass is 10.8. The zero-order valence-electron chi connectivity index (χ0n) is 16.5. The molecule has 0 aromatic carbocycles. The lowest BCUT2D eigenvalue weighted by molar-refractivity contribution is 0.117. The van der Waals surface area contributed by atoms with Crippen molar-refractivity contribution in [1.29, 1.82) is 0 Å². The van der Waals surface area contributed by atoms with E-state index in [-0.39, 0.29) is 75.4 Å². The summed E-state index contributed by atoms with van der Waals surface area (Å²) in [7, 11) is 6.08. The predicted octanol–water partition coefficient (Wildman–Crippen LogP) is 12.4. The second-order valence-corrected chi connectivity index (χ2v) is 24.7. The third-order valence-electron chi connectivity index (χ3n) is 3.07. The summed E-state index contributed by atoms with van der Waals surface area (Å²) in [6, 6.07) is -2.65. The molecule has 0 spiro atoms. The van der Waals surface area contributed by atoms with Gasteiger partial charge in [-0.05, 0) is 37.6 Å². The van der Waals surface area contributed by atoms with Gasteiger partial charge in [0, 0.05) is 17.4 Å². The van der Waals surface area contributed by atoms with Crippen LogP contribution in [0.3, 0.4) is 0 Å². The Morgan fingerprint density at radius 2 is 1.43 bits per heavy atom. The molecular formula is C13H14BrCl5F7IS8. The Morgan fingerprint density at radius 1 is 0.886 bits per heavy atom. The highest BCUT2D eigenvalue weighted by molar-refractivity contribution is 14.1. The lowest BCUT2D eigenvalue weighted by Crippen LogP contribution is -2.47. The van der Waals surface area contributed by atoms with Gasteiger partial charge in [0.1, 0.15) is 16.7 Å².